The zero-order chi connectivity index (χ0) is 45.2. The zero-order valence-electron chi connectivity index (χ0n) is 38.7. The van der Waals surface area contributed by atoms with Gasteiger partial charge in [-0.25, -0.2) is 0 Å². The number of nitrogens with zero attached hydrogens (tertiary/aromatic N) is 1. The smallest absolute Gasteiger partial charge is 0.198 e. The SMILES string of the molecule is Cc1cc2c(cc1N1c3cc4c(cc3Bc3c(-c5cccc6c5Nc5ccccc5[Si]6(c5ccccc5)c5ccccc5)cc5ccccc5c31)Oc1ccccc1O4)C(C)(C)CCC2(C)C. The highest BCUT2D eigenvalue weighted by atomic mass is 28.3. The number of hydrogen-bond donors (Lipinski definition) is 1. The lowest BCUT2D eigenvalue weighted by molar-refractivity contribution is 0.332. The van der Waals surface area contributed by atoms with Gasteiger partial charge in [0, 0.05) is 45.5 Å². The maximum Gasteiger partial charge on any atom is 0.198 e. The lowest BCUT2D eigenvalue weighted by Crippen LogP contribution is -2.76. The van der Waals surface area contributed by atoms with Crippen molar-refractivity contribution in [3.05, 3.63) is 199 Å². The summed E-state index contributed by atoms with van der Waals surface area (Å²) in [6.45, 7) is 12.0. The maximum absolute atomic E-state index is 6.70. The van der Waals surface area contributed by atoms with Crippen LogP contribution in [-0.2, 0) is 10.8 Å². The molecule has 0 atom stereocenters. The molecule has 0 unspecified atom stereocenters. The normalized spacial score (nSPS) is 16.2. The third-order valence-corrected chi connectivity index (χ3v) is 20.4. The molecule has 0 fully saturated rings. The fourth-order valence-corrected chi connectivity index (χ4v) is 17.2. The van der Waals surface area contributed by atoms with Gasteiger partial charge in [-0.05, 0) is 121 Å². The molecule has 9 aromatic carbocycles. The molecule has 3 aliphatic heterocycles. The highest BCUT2D eigenvalue weighted by molar-refractivity contribution is 7.21. The minimum atomic E-state index is -2.85. The molecule has 67 heavy (non-hydrogen) atoms. The molecule has 0 amide bonds. The summed E-state index contributed by atoms with van der Waals surface area (Å²) in [5, 5.41) is 12.0. The zero-order valence-corrected chi connectivity index (χ0v) is 39.7. The third-order valence-electron chi connectivity index (χ3n) is 15.6. The van der Waals surface area contributed by atoms with Gasteiger partial charge in [0.1, 0.15) is 0 Å². The molecule has 0 saturated carbocycles. The van der Waals surface area contributed by atoms with Crippen LogP contribution in [-0.4, -0.2) is 15.4 Å². The van der Waals surface area contributed by atoms with E-state index in [1.54, 1.807) is 0 Å². The molecule has 0 radical (unpaired) electrons. The summed E-state index contributed by atoms with van der Waals surface area (Å²) in [7, 11) is -2.14. The van der Waals surface area contributed by atoms with Crippen LogP contribution in [0.5, 0.6) is 23.0 Å². The van der Waals surface area contributed by atoms with Crippen molar-refractivity contribution >= 4 is 86.2 Å². The molecule has 0 bridgehead atoms. The first-order chi connectivity index (χ1) is 32.6. The van der Waals surface area contributed by atoms with Crippen LogP contribution in [0.25, 0.3) is 21.9 Å². The number of hydrogen-bond acceptors (Lipinski definition) is 4. The Labute approximate surface area is 395 Å². The molecule has 1 aliphatic carbocycles. The van der Waals surface area contributed by atoms with Gasteiger partial charge in [0.05, 0.1) is 0 Å². The van der Waals surface area contributed by atoms with Gasteiger partial charge in [0.25, 0.3) is 0 Å². The van der Waals surface area contributed by atoms with E-state index in [4.69, 9.17) is 9.47 Å². The van der Waals surface area contributed by atoms with E-state index in [1.165, 1.54) is 99.4 Å². The lowest BCUT2D eigenvalue weighted by Gasteiger charge is -2.44. The molecule has 3 heterocycles. The minimum Gasteiger partial charge on any atom is -0.450 e. The molecule has 0 saturated heterocycles. The number of aryl methyl sites for hydroxylation is 1. The summed E-state index contributed by atoms with van der Waals surface area (Å²) in [5.41, 5.74) is 15.1. The number of nitrogens with one attached hydrogen (secondary N) is 1. The van der Waals surface area contributed by atoms with Gasteiger partial charge in [-0.1, -0.05) is 173 Å². The van der Waals surface area contributed by atoms with Crippen LogP contribution < -0.4 is 51.4 Å². The monoisotopic (exact) mass is 882 g/mol. The van der Waals surface area contributed by atoms with Gasteiger partial charge in [0.2, 0.25) is 0 Å². The van der Waals surface area contributed by atoms with Crippen molar-refractivity contribution in [3.8, 4) is 34.1 Å². The van der Waals surface area contributed by atoms with Crippen molar-refractivity contribution in [2.75, 3.05) is 10.2 Å². The summed E-state index contributed by atoms with van der Waals surface area (Å²) < 4.78 is 13.4. The van der Waals surface area contributed by atoms with Crippen molar-refractivity contribution in [1.29, 1.82) is 0 Å². The molecule has 4 nitrogen and oxygen atoms in total. The molecule has 0 aromatic heterocycles. The van der Waals surface area contributed by atoms with E-state index >= 15 is 0 Å². The predicted octanol–water partition coefficient (Wildman–Crippen LogP) is 11.7. The Morgan fingerprint density at radius 2 is 1.13 bits per heavy atom. The molecule has 13 rings (SSSR count). The van der Waals surface area contributed by atoms with Crippen molar-refractivity contribution in [3.63, 3.8) is 0 Å². The van der Waals surface area contributed by atoms with E-state index in [0.29, 0.717) is 7.28 Å². The van der Waals surface area contributed by atoms with Crippen LogP contribution >= 0.6 is 0 Å². The molecule has 6 heteroatoms. The number of anilines is 5. The van der Waals surface area contributed by atoms with Crippen LogP contribution in [0.2, 0.25) is 0 Å². The van der Waals surface area contributed by atoms with E-state index in [9.17, 15) is 0 Å². The van der Waals surface area contributed by atoms with Crippen LogP contribution in [0.1, 0.15) is 57.2 Å². The quantitative estimate of drug-likeness (QED) is 0.179. The highest BCUT2D eigenvalue weighted by Crippen LogP contribution is 2.53. The van der Waals surface area contributed by atoms with Gasteiger partial charge < -0.3 is 19.7 Å². The topological polar surface area (TPSA) is 33.7 Å². The number of rotatable bonds is 4. The molecule has 9 aromatic rings. The van der Waals surface area contributed by atoms with E-state index in [-0.39, 0.29) is 10.8 Å². The Morgan fingerprint density at radius 3 is 1.85 bits per heavy atom. The van der Waals surface area contributed by atoms with Gasteiger partial charge >= 0.3 is 0 Å². The predicted molar refractivity (Wildman–Crippen MR) is 284 cm³/mol. The van der Waals surface area contributed by atoms with Crippen molar-refractivity contribution in [1.82, 2.24) is 0 Å². The van der Waals surface area contributed by atoms with Crippen LogP contribution in [0.15, 0.2) is 182 Å². The van der Waals surface area contributed by atoms with E-state index in [2.05, 4.69) is 203 Å². The van der Waals surface area contributed by atoms with Gasteiger partial charge in [-0.3, -0.25) is 0 Å². The Balaban J connectivity index is 1.11. The molecular weight excluding hydrogens is 832 g/mol. The number of fused-ring (bicyclic) bond motifs is 9. The second-order valence-electron chi connectivity index (χ2n) is 20.4. The summed E-state index contributed by atoms with van der Waals surface area (Å²) in [6, 6.07) is 67.7. The maximum atomic E-state index is 6.70. The fourth-order valence-electron chi connectivity index (χ4n) is 12.1. The summed E-state index contributed by atoms with van der Waals surface area (Å²) in [5.74, 6) is 2.93. The average Bonchev–Trinajstić information content (AvgIpc) is 3.35. The van der Waals surface area contributed by atoms with Gasteiger partial charge in [-0.15, -0.1) is 0 Å². The minimum absolute atomic E-state index is 0.0220. The highest BCUT2D eigenvalue weighted by Gasteiger charge is 2.48. The van der Waals surface area contributed by atoms with E-state index < -0.39 is 8.07 Å². The molecule has 324 valence electrons. The first-order valence-electron chi connectivity index (χ1n) is 23.8. The molecule has 0 spiro atoms. The van der Waals surface area contributed by atoms with E-state index in [1.807, 2.05) is 24.3 Å². The van der Waals surface area contributed by atoms with Crippen molar-refractivity contribution in [2.45, 2.75) is 58.3 Å². The Hall–Kier alpha value is -7.28. The molecular formula is C61H51BN2O2Si. The fraction of sp³-hybridized carbons (Fsp3) is 0.148. The standard InChI is InChI=1S/C61H51BN2O2Si/c1-38-33-45-46(61(4,5)32-31-60(45,2)3)35-49(38)64-50-37-54-53(65-51-27-15-16-28-52(51)66-54)36-47(50)62-57-44(34-39-19-12-13-24-42(39)59(57)64)43-25-18-30-56-58(43)63-48-26-14-17-29-55(48)67(56,40-20-8-6-9-21-40)41-22-10-7-11-23-41/h6-30,33-37,62-63H,31-32H2,1-5H3. The van der Waals surface area contributed by atoms with E-state index in [0.717, 1.165) is 35.1 Å². The van der Waals surface area contributed by atoms with Crippen molar-refractivity contribution < 1.29 is 9.47 Å². The number of benzene rings is 9. The second kappa shape index (κ2) is 14.6. The van der Waals surface area contributed by atoms with Crippen molar-refractivity contribution in [2.24, 2.45) is 0 Å². The van der Waals surface area contributed by atoms with Gasteiger partial charge in [0.15, 0.2) is 38.4 Å². The largest absolute Gasteiger partial charge is 0.450 e. The summed E-state index contributed by atoms with van der Waals surface area (Å²) >= 11 is 0. The number of para-hydroxylation sites is 4. The Bertz CT molecular complexity index is 3470. The molecule has 4 aliphatic rings. The van der Waals surface area contributed by atoms with Crippen LogP contribution in [0.3, 0.4) is 0 Å². The summed E-state index contributed by atoms with van der Waals surface area (Å²) in [4.78, 5) is 2.59. The third kappa shape index (κ3) is 5.91. The number of ether oxygens (including phenoxy) is 2. The Morgan fingerprint density at radius 1 is 0.537 bits per heavy atom. The molecule has 1 N–H and O–H groups in total. The lowest BCUT2D eigenvalue weighted by atomic mass is 9.57. The second-order valence-corrected chi connectivity index (χ2v) is 24.1. The Kier molecular flexibility index (Phi) is 8.73. The van der Waals surface area contributed by atoms with Crippen LogP contribution in [0, 0.1) is 6.92 Å². The summed E-state index contributed by atoms with van der Waals surface area (Å²) in [6.07, 6.45) is 2.30. The first-order valence-corrected chi connectivity index (χ1v) is 25.8. The van der Waals surface area contributed by atoms with Gasteiger partial charge in [-0.2, -0.15) is 0 Å². The van der Waals surface area contributed by atoms with Crippen LogP contribution in [0.4, 0.5) is 28.4 Å². The average molecular weight is 883 g/mol. The first kappa shape index (κ1) is 40.0.